The van der Waals surface area contributed by atoms with Gasteiger partial charge in [0.2, 0.25) is 5.91 Å². The Bertz CT molecular complexity index is 1760. The Morgan fingerprint density at radius 1 is 0.778 bits per heavy atom. The van der Waals surface area contributed by atoms with Crippen LogP contribution in [0.15, 0.2) is 131 Å². The highest BCUT2D eigenvalue weighted by Crippen LogP contribution is 2.37. The third-order valence-electron chi connectivity index (χ3n) is 6.81. The maximum atomic E-state index is 13.5. The van der Waals surface area contributed by atoms with Gasteiger partial charge in [-0.2, -0.15) is 0 Å². The zero-order valence-electron chi connectivity index (χ0n) is 24.8. The Kier molecular flexibility index (Phi) is 10.6. The number of thioether (sulfide) groups is 1. The summed E-state index contributed by atoms with van der Waals surface area (Å²) in [7, 11) is 0. The maximum absolute atomic E-state index is 13.5. The van der Waals surface area contributed by atoms with Gasteiger partial charge in [-0.25, -0.2) is 4.98 Å². The molecular weight excluding hydrogens is 601 g/mol. The van der Waals surface area contributed by atoms with Crippen molar-refractivity contribution in [2.24, 2.45) is 0 Å². The van der Waals surface area contributed by atoms with Gasteiger partial charge in [0, 0.05) is 27.7 Å². The van der Waals surface area contributed by atoms with Gasteiger partial charge in [-0.1, -0.05) is 86.6 Å². The number of hydrogen-bond acceptors (Lipinski definition) is 6. The summed E-state index contributed by atoms with van der Waals surface area (Å²) < 4.78 is 0. The minimum Gasteiger partial charge on any atom is -0.321 e. The molecule has 0 bridgehead atoms. The largest absolute Gasteiger partial charge is 0.321 e. The fraction of sp³-hybridized carbons (Fsp3) is 0.111. The van der Waals surface area contributed by atoms with E-state index in [9.17, 15) is 14.4 Å². The highest BCUT2D eigenvalue weighted by Gasteiger charge is 2.23. The van der Waals surface area contributed by atoms with Crippen LogP contribution < -0.4 is 16.0 Å². The Morgan fingerprint density at radius 2 is 1.44 bits per heavy atom. The summed E-state index contributed by atoms with van der Waals surface area (Å²) in [4.78, 5) is 44.7. The average Bonchev–Trinajstić information content (AvgIpc) is 3.58. The third-order valence-corrected chi connectivity index (χ3v) is 8.77. The van der Waals surface area contributed by atoms with Gasteiger partial charge in [0.25, 0.3) is 11.8 Å². The Balaban J connectivity index is 1.33. The van der Waals surface area contributed by atoms with Crippen molar-refractivity contribution in [1.29, 1.82) is 0 Å². The molecule has 0 aliphatic heterocycles. The number of anilines is 2. The first-order valence-electron chi connectivity index (χ1n) is 14.4. The lowest BCUT2D eigenvalue weighted by Gasteiger charge is -2.16. The Hall–Kier alpha value is -4.99. The summed E-state index contributed by atoms with van der Waals surface area (Å²) in [5, 5.41) is 10.4. The van der Waals surface area contributed by atoms with Gasteiger partial charge in [-0.15, -0.1) is 23.1 Å². The molecule has 45 heavy (non-hydrogen) atoms. The van der Waals surface area contributed by atoms with E-state index in [2.05, 4.69) is 34.8 Å². The number of amides is 3. The summed E-state index contributed by atoms with van der Waals surface area (Å²) in [6.45, 7) is 4.24. The van der Waals surface area contributed by atoms with Crippen LogP contribution in [0.1, 0.15) is 52.1 Å². The van der Waals surface area contributed by atoms with E-state index < -0.39 is 11.2 Å². The first-order valence-corrected chi connectivity index (χ1v) is 16.1. The van der Waals surface area contributed by atoms with Crippen molar-refractivity contribution >= 4 is 57.7 Å². The van der Waals surface area contributed by atoms with E-state index in [-0.39, 0.29) is 17.5 Å². The van der Waals surface area contributed by atoms with Crippen molar-refractivity contribution in [2.45, 2.75) is 29.9 Å². The minimum absolute atomic E-state index is 0.114. The maximum Gasteiger partial charge on any atom is 0.272 e. The van der Waals surface area contributed by atoms with Crippen LogP contribution in [-0.2, 0) is 9.59 Å². The number of hydrogen-bond donors (Lipinski definition) is 3. The molecule has 3 amide bonds. The van der Waals surface area contributed by atoms with Gasteiger partial charge in [0.05, 0.1) is 0 Å². The molecule has 1 aromatic heterocycles. The van der Waals surface area contributed by atoms with Gasteiger partial charge in [0.1, 0.15) is 10.9 Å². The number of aromatic nitrogens is 1. The standard InChI is InChI=1S/C36H32N4O3S2/c1-24(2)26-15-13-25(14-16-26)23-31(39-33(41)28-11-7-4-8-12-28)34(42)38-29-17-19-30(20-18-29)45-32(27-9-5-3-6-10-27)35(43)40-36-37-21-22-44-36/h3-24,32H,1-2H3,(H,38,42)(H,39,41)(H,37,40,43)/b31-23-. The van der Waals surface area contributed by atoms with E-state index >= 15 is 0 Å². The normalized spacial score (nSPS) is 11.9. The summed E-state index contributed by atoms with van der Waals surface area (Å²) >= 11 is 2.76. The third kappa shape index (κ3) is 8.78. The molecular formula is C36H32N4O3S2. The summed E-state index contributed by atoms with van der Waals surface area (Å²) in [5.41, 5.74) is 3.93. The summed E-state index contributed by atoms with van der Waals surface area (Å²) in [6, 6.07) is 33.4. The van der Waals surface area contributed by atoms with Crippen LogP contribution in [0.4, 0.5) is 10.8 Å². The van der Waals surface area contributed by atoms with Crippen molar-refractivity contribution in [3.63, 3.8) is 0 Å². The molecule has 0 aliphatic carbocycles. The summed E-state index contributed by atoms with van der Waals surface area (Å²) in [6.07, 6.45) is 3.31. The zero-order valence-corrected chi connectivity index (χ0v) is 26.4. The van der Waals surface area contributed by atoms with Gasteiger partial charge in [0.15, 0.2) is 5.13 Å². The second-order valence-corrected chi connectivity index (χ2v) is 12.5. The smallest absolute Gasteiger partial charge is 0.272 e. The molecule has 226 valence electrons. The lowest BCUT2D eigenvalue weighted by atomic mass is 10.0. The second kappa shape index (κ2) is 15.1. The van der Waals surface area contributed by atoms with Crippen LogP contribution in [0, 0.1) is 0 Å². The molecule has 0 aliphatic rings. The lowest BCUT2D eigenvalue weighted by molar-refractivity contribution is -0.116. The molecule has 4 aromatic carbocycles. The molecule has 0 spiro atoms. The topological polar surface area (TPSA) is 100 Å². The van der Waals surface area contributed by atoms with E-state index in [0.29, 0.717) is 22.3 Å². The lowest BCUT2D eigenvalue weighted by Crippen LogP contribution is -2.30. The molecule has 5 rings (SSSR count). The van der Waals surface area contributed by atoms with Crippen LogP contribution in [0.2, 0.25) is 0 Å². The van der Waals surface area contributed by atoms with Crippen LogP contribution >= 0.6 is 23.1 Å². The van der Waals surface area contributed by atoms with Crippen LogP contribution in [-0.4, -0.2) is 22.7 Å². The van der Waals surface area contributed by atoms with Gasteiger partial charge >= 0.3 is 0 Å². The van der Waals surface area contributed by atoms with Crippen molar-refractivity contribution in [2.75, 3.05) is 10.6 Å². The molecule has 7 nitrogen and oxygen atoms in total. The van der Waals surface area contributed by atoms with Crippen LogP contribution in [0.5, 0.6) is 0 Å². The predicted molar refractivity (Wildman–Crippen MR) is 183 cm³/mol. The fourth-order valence-electron chi connectivity index (χ4n) is 4.39. The molecule has 0 saturated heterocycles. The number of carbonyl (C=O) groups excluding carboxylic acids is 3. The van der Waals surface area contributed by atoms with Crippen molar-refractivity contribution in [1.82, 2.24) is 10.3 Å². The first-order chi connectivity index (χ1) is 21.9. The molecule has 3 N–H and O–H groups in total. The number of carbonyl (C=O) groups is 3. The van der Waals surface area contributed by atoms with Crippen LogP contribution in [0.3, 0.4) is 0 Å². The number of thiazole rings is 1. The monoisotopic (exact) mass is 632 g/mol. The van der Waals surface area contributed by atoms with Crippen LogP contribution in [0.25, 0.3) is 6.08 Å². The molecule has 0 fully saturated rings. The van der Waals surface area contributed by atoms with E-state index in [1.807, 2.05) is 78.2 Å². The quantitative estimate of drug-likeness (QED) is 0.101. The highest BCUT2D eigenvalue weighted by atomic mass is 32.2. The first kappa shape index (κ1) is 31.4. The molecule has 9 heteroatoms. The number of rotatable bonds is 11. The fourth-order valence-corrected chi connectivity index (χ4v) is 5.95. The van der Waals surface area contributed by atoms with Crippen molar-refractivity contribution in [3.05, 3.63) is 149 Å². The SMILES string of the molecule is CC(C)c1ccc(/C=C(\NC(=O)c2ccccc2)C(=O)Nc2ccc(SC(C(=O)Nc3nccs3)c3ccccc3)cc2)cc1. The minimum atomic E-state index is -0.514. The van der Waals surface area contributed by atoms with Gasteiger partial charge in [-0.05, 0) is 65.1 Å². The zero-order chi connectivity index (χ0) is 31.6. The average molecular weight is 633 g/mol. The van der Waals surface area contributed by atoms with E-state index in [4.69, 9.17) is 0 Å². The molecule has 1 unspecified atom stereocenters. The molecule has 0 saturated carbocycles. The van der Waals surface area contributed by atoms with E-state index in [1.165, 1.54) is 28.7 Å². The molecule has 1 heterocycles. The van der Waals surface area contributed by atoms with Gasteiger partial charge < -0.3 is 16.0 Å². The van der Waals surface area contributed by atoms with Crippen molar-refractivity contribution < 1.29 is 14.4 Å². The Labute approximate surface area is 270 Å². The number of nitrogens with zero attached hydrogens (tertiary/aromatic N) is 1. The highest BCUT2D eigenvalue weighted by molar-refractivity contribution is 8.00. The summed E-state index contributed by atoms with van der Waals surface area (Å²) in [5.74, 6) is -0.646. The number of benzene rings is 4. The molecule has 1 atom stereocenters. The molecule has 0 radical (unpaired) electrons. The van der Waals surface area contributed by atoms with Gasteiger partial charge in [-0.3, -0.25) is 14.4 Å². The predicted octanol–water partition coefficient (Wildman–Crippen LogP) is 8.15. The number of nitrogens with one attached hydrogen (secondary N) is 3. The molecule has 5 aromatic rings. The van der Waals surface area contributed by atoms with E-state index in [0.717, 1.165) is 16.0 Å². The second-order valence-electron chi connectivity index (χ2n) is 10.4. The Morgan fingerprint density at radius 3 is 2.07 bits per heavy atom. The van der Waals surface area contributed by atoms with Crippen molar-refractivity contribution in [3.8, 4) is 0 Å². The van der Waals surface area contributed by atoms with E-state index in [1.54, 1.807) is 48.7 Å².